The molecule has 2 atom stereocenters. The molecule has 30 heavy (non-hydrogen) atoms. The molecule has 1 fully saturated rings. The molecule has 0 aromatic heterocycles. The smallest absolute Gasteiger partial charge is 0.123 e. The number of morpholine rings is 1. The molecule has 0 amide bonds. The van der Waals surface area contributed by atoms with Crippen LogP contribution < -0.4 is 4.74 Å². The number of aliphatic hydroxyl groups is 1. The number of halogens is 2. The summed E-state index contributed by atoms with van der Waals surface area (Å²) in [5.41, 5.74) is 3.54. The monoisotopic (exact) mass is 497 g/mol. The van der Waals surface area contributed by atoms with Crippen molar-refractivity contribution < 1.29 is 14.6 Å². The predicted octanol–water partition coefficient (Wildman–Crippen LogP) is 5.29. The van der Waals surface area contributed by atoms with Crippen LogP contribution in [0.4, 0.5) is 0 Å². The number of aryl methyl sites for hydroxylation is 1. The first-order valence-corrected chi connectivity index (χ1v) is 11.0. The highest BCUT2D eigenvalue weighted by atomic mass is 79.9. The molecule has 166 valence electrons. The molecule has 3 rings (SSSR count). The first-order valence-electron chi connectivity index (χ1n) is 10.2. The molecule has 1 aliphatic rings. The highest BCUT2D eigenvalue weighted by molar-refractivity contribution is 9.10. The van der Waals surface area contributed by atoms with Gasteiger partial charge in [0, 0.05) is 24.1 Å². The van der Waals surface area contributed by atoms with Gasteiger partial charge >= 0.3 is 0 Å². The summed E-state index contributed by atoms with van der Waals surface area (Å²) in [6, 6.07) is 14.5. The van der Waals surface area contributed by atoms with Crippen LogP contribution in [0, 0.1) is 6.92 Å². The van der Waals surface area contributed by atoms with E-state index in [9.17, 15) is 5.11 Å². The van der Waals surface area contributed by atoms with Gasteiger partial charge in [0.2, 0.25) is 0 Å². The van der Waals surface area contributed by atoms with Gasteiger partial charge in [0.15, 0.2) is 0 Å². The van der Waals surface area contributed by atoms with Gasteiger partial charge in [0.25, 0.3) is 0 Å². The van der Waals surface area contributed by atoms with Crippen molar-refractivity contribution in [1.82, 2.24) is 4.90 Å². The minimum absolute atomic E-state index is 0. The van der Waals surface area contributed by atoms with Crippen LogP contribution >= 0.6 is 28.3 Å². The largest absolute Gasteiger partial charge is 0.491 e. The lowest BCUT2D eigenvalue weighted by atomic mass is 9.85. The fourth-order valence-corrected chi connectivity index (χ4v) is 4.09. The Morgan fingerprint density at radius 1 is 1.23 bits per heavy atom. The van der Waals surface area contributed by atoms with E-state index < -0.39 is 6.10 Å². The summed E-state index contributed by atoms with van der Waals surface area (Å²) in [6.07, 6.45) is -0.524. The maximum atomic E-state index is 10.6. The molecular weight excluding hydrogens is 466 g/mol. The SMILES string of the molecule is Cc1ccc(OCC(O)CN2CCOC(c3cccc(Br)c3)C2)c(C(C)(C)C)c1.Cl. The molecule has 0 saturated carbocycles. The molecule has 2 unspecified atom stereocenters. The van der Waals surface area contributed by atoms with Crippen LogP contribution in [-0.2, 0) is 10.2 Å². The summed E-state index contributed by atoms with van der Waals surface area (Å²) in [5.74, 6) is 0.858. The maximum Gasteiger partial charge on any atom is 0.123 e. The summed E-state index contributed by atoms with van der Waals surface area (Å²) in [4.78, 5) is 2.25. The van der Waals surface area contributed by atoms with Crippen molar-refractivity contribution in [3.8, 4) is 5.75 Å². The Kier molecular flexibility index (Phi) is 9.19. The van der Waals surface area contributed by atoms with Crippen molar-refractivity contribution in [3.63, 3.8) is 0 Å². The summed E-state index contributed by atoms with van der Waals surface area (Å²) in [5, 5.41) is 10.6. The quantitative estimate of drug-likeness (QED) is 0.587. The minimum Gasteiger partial charge on any atom is -0.491 e. The Hall–Kier alpha value is -1.11. The third kappa shape index (κ3) is 6.96. The molecule has 0 bridgehead atoms. The van der Waals surface area contributed by atoms with Crippen molar-refractivity contribution in [2.45, 2.75) is 45.3 Å². The third-order valence-corrected chi connectivity index (χ3v) is 5.71. The van der Waals surface area contributed by atoms with Crippen molar-refractivity contribution in [1.29, 1.82) is 0 Å². The molecule has 6 heteroatoms. The first kappa shape index (κ1) is 25.2. The van der Waals surface area contributed by atoms with E-state index in [2.05, 4.69) is 72.8 Å². The summed E-state index contributed by atoms with van der Waals surface area (Å²) >= 11 is 3.53. The van der Waals surface area contributed by atoms with Gasteiger partial charge in [-0.2, -0.15) is 0 Å². The van der Waals surface area contributed by atoms with Crippen LogP contribution in [0.2, 0.25) is 0 Å². The standard InChI is InChI=1S/C24H32BrNO3.ClH/c1-17-8-9-22(21(12-17)24(2,3)4)29-16-20(27)14-26-10-11-28-23(15-26)18-6-5-7-19(25)13-18;/h5-9,12-13,20,23,27H,10-11,14-16H2,1-4H3;1H. The molecule has 4 nitrogen and oxygen atoms in total. The predicted molar refractivity (Wildman–Crippen MR) is 128 cm³/mol. The zero-order chi connectivity index (χ0) is 21.0. The summed E-state index contributed by atoms with van der Waals surface area (Å²) < 4.78 is 13.0. The average Bonchev–Trinajstić information content (AvgIpc) is 2.66. The van der Waals surface area contributed by atoms with E-state index in [1.54, 1.807) is 0 Å². The zero-order valence-electron chi connectivity index (χ0n) is 18.2. The number of ether oxygens (including phenoxy) is 2. The molecule has 2 aromatic rings. The maximum absolute atomic E-state index is 10.6. The molecule has 0 aliphatic carbocycles. The summed E-state index contributed by atoms with van der Waals surface area (Å²) in [7, 11) is 0. The number of hydrogen-bond donors (Lipinski definition) is 1. The van der Waals surface area contributed by atoms with Gasteiger partial charge in [0.05, 0.1) is 12.7 Å². The van der Waals surface area contributed by atoms with E-state index in [1.807, 2.05) is 18.2 Å². The van der Waals surface area contributed by atoms with Crippen molar-refractivity contribution in [2.24, 2.45) is 0 Å². The van der Waals surface area contributed by atoms with Gasteiger partial charge in [0.1, 0.15) is 18.5 Å². The second kappa shape index (κ2) is 11.0. The van der Waals surface area contributed by atoms with Crippen LogP contribution in [-0.4, -0.2) is 49.0 Å². The number of rotatable bonds is 6. The van der Waals surface area contributed by atoms with Gasteiger partial charge in [-0.3, -0.25) is 4.90 Å². The van der Waals surface area contributed by atoms with E-state index in [0.29, 0.717) is 13.2 Å². The van der Waals surface area contributed by atoms with Crippen LogP contribution in [0.25, 0.3) is 0 Å². The molecule has 2 aromatic carbocycles. The zero-order valence-corrected chi connectivity index (χ0v) is 20.6. The number of benzene rings is 2. The Bertz CT molecular complexity index is 824. The second-order valence-corrected chi connectivity index (χ2v) is 9.80. The van der Waals surface area contributed by atoms with E-state index in [-0.39, 0.29) is 30.5 Å². The lowest BCUT2D eigenvalue weighted by Gasteiger charge is -2.34. The molecule has 1 saturated heterocycles. The first-order chi connectivity index (χ1) is 13.7. The van der Waals surface area contributed by atoms with Crippen LogP contribution in [0.1, 0.15) is 43.6 Å². The van der Waals surface area contributed by atoms with Gasteiger partial charge in [-0.25, -0.2) is 0 Å². The Morgan fingerprint density at radius 3 is 2.70 bits per heavy atom. The minimum atomic E-state index is -0.551. The average molecular weight is 499 g/mol. The summed E-state index contributed by atoms with van der Waals surface area (Å²) in [6.45, 7) is 11.7. The highest BCUT2D eigenvalue weighted by Crippen LogP contribution is 2.32. The van der Waals surface area contributed by atoms with E-state index in [1.165, 1.54) is 11.1 Å². The number of hydrogen-bond acceptors (Lipinski definition) is 4. The number of β-amino-alcohol motifs (C(OH)–C–C–N with tert-alkyl or cyclic N) is 1. The lowest BCUT2D eigenvalue weighted by Crippen LogP contribution is -2.43. The topological polar surface area (TPSA) is 41.9 Å². The number of aliphatic hydroxyl groups excluding tert-OH is 1. The Morgan fingerprint density at radius 2 is 2.00 bits per heavy atom. The number of nitrogens with zero attached hydrogens (tertiary/aromatic N) is 1. The van der Waals surface area contributed by atoms with Crippen molar-refractivity contribution in [3.05, 3.63) is 63.6 Å². The fourth-order valence-electron chi connectivity index (χ4n) is 3.67. The van der Waals surface area contributed by atoms with Crippen LogP contribution in [0.15, 0.2) is 46.9 Å². The van der Waals surface area contributed by atoms with E-state index in [0.717, 1.165) is 28.9 Å². The molecule has 0 spiro atoms. The van der Waals surface area contributed by atoms with Gasteiger partial charge in [-0.05, 0) is 41.7 Å². The van der Waals surface area contributed by atoms with E-state index >= 15 is 0 Å². The van der Waals surface area contributed by atoms with Gasteiger partial charge in [-0.1, -0.05) is 66.5 Å². The van der Waals surface area contributed by atoms with Gasteiger partial charge in [-0.15, -0.1) is 12.4 Å². The van der Waals surface area contributed by atoms with E-state index in [4.69, 9.17) is 9.47 Å². The highest BCUT2D eigenvalue weighted by Gasteiger charge is 2.25. The normalized spacial score (nSPS) is 18.5. The second-order valence-electron chi connectivity index (χ2n) is 8.89. The van der Waals surface area contributed by atoms with Crippen LogP contribution in [0.3, 0.4) is 0 Å². The van der Waals surface area contributed by atoms with Crippen molar-refractivity contribution >= 4 is 28.3 Å². The van der Waals surface area contributed by atoms with Gasteiger partial charge < -0.3 is 14.6 Å². The Labute approximate surface area is 195 Å². The van der Waals surface area contributed by atoms with Crippen molar-refractivity contribution in [2.75, 3.05) is 32.8 Å². The third-order valence-electron chi connectivity index (χ3n) is 5.21. The molecule has 0 radical (unpaired) electrons. The fraction of sp³-hybridized carbons (Fsp3) is 0.500. The lowest BCUT2D eigenvalue weighted by molar-refractivity contribution is -0.0460. The molecule has 1 aliphatic heterocycles. The molecular formula is C24H33BrClNO3. The molecule has 1 N–H and O–H groups in total. The van der Waals surface area contributed by atoms with Crippen LogP contribution in [0.5, 0.6) is 5.75 Å². The molecule has 1 heterocycles. The Balaban J connectivity index is 0.00000320.